The number of nitrogens with zero attached hydrogens (tertiary/aromatic N) is 3. The predicted molar refractivity (Wildman–Crippen MR) is 32.4 cm³/mol. The van der Waals surface area contributed by atoms with Crippen LogP contribution in [0.5, 0.6) is 0 Å². The summed E-state index contributed by atoms with van der Waals surface area (Å²) in [7, 11) is -2.94. The highest BCUT2D eigenvalue weighted by Gasteiger charge is 1.98. The minimum Gasteiger partial charge on any atom is -0.368 e. The first-order valence-electron chi connectivity index (χ1n) is 2.96. The van der Waals surface area contributed by atoms with Gasteiger partial charge in [-0.3, -0.25) is 0 Å². The summed E-state index contributed by atoms with van der Waals surface area (Å²) in [5.41, 5.74) is 5.33. The topological polar surface area (TPSA) is 146 Å². The van der Waals surface area contributed by atoms with Gasteiger partial charge < -0.3 is 5.73 Å². The molecule has 0 aliphatic carbocycles. The second-order valence-electron chi connectivity index (χ2n) is 2.04. The van der Waals surface area contributed by atoms with E-state index in [4.69, 9.17) is 24.4 Å². The van der Waals surface area contributed by atoms with Gasteiger partial charge in [0, 0.05) is 7.05 Å². The second kappa shape index (κ2) is 4.35. The lowest BCUT2D eigenvalue weighted by Gasteiger charge is -2.03. The van der Waals surface area contributed by atoms with Gasteiger partial charge in [-0.1, -0.05) is 0 Å². The zero-order valence-corrected chi connectivity index (χ0v) is 7.72. The molecule has 0 atom stereocenters. The van der Waals surface area contributed by atoms with Gasteiger partial charge in [-0.15, -0.1) is 0 Å². The third kappa shape index (κ3) is 7.43. The molecule has 3 N–H and O–H groups in total. The molecule has 1 rings (SSSR count). The summed E-state index contributed by atoms with van der Waals surface area (Å²) in [6.45, 7) is 1.80. The van der Waals surface area contributed by atoms with Crippen molar-refractivity contribution >= 4 is 5.95 Å². The average molecular weight is 213 g/mol. The van der Waals surface area contributed by atoms with Crippen LogP contribution in [0.1, 0.15) is 5.82 Å². The lowest BCUT2D eigenvalue weighted by atomic mass is 10.8. The average Bonchev–Trinajstić information content (AvgIpc) is 2.05. The number of halogens is 1. The third-order valence-electron chi connectivity index (χ3n) is 0.903. The number of aryl methyl sites for hydroxylation is 2. The molecule has 9 heteroatoms. The first-order valence-corrected chi connectivity index (χ1v) is 4.23. The van der Waals surface area contributed by atoms with E-state index in [1.807, 2.05) is 0 Å². The van der Waals surface area contributed by atoms with Crippen molar-refractivity contribution in [1.29, 1.82) is 0 Å². The molecule has 1 heterocycles. The Morgan fingerprint density at radius 2 is 1.85 bits per heavy atom. The smallest absolute Gasteiger partial charge is 0.218 e. The van der Waals surface area contributed by atoms with Gasteiger partial charge in [0.1, 0.15) is 5.82 Å². The lowest BCUT2D eigenvalue weighted by Crippen LogP contribution is -2.58. The number of rotatable bonds is 0. The van der Waals surface area contributed by atoms with E-state index in [0.29, 0.717) is 11.8 Å². The van der Waals surface area contributed by atoms with Crippen molar-refractivity contribution in [2.45, 2.75) is 6.92 Å². The number of nitrogens with two attached hydrogens (primary N) is 1. The van der Waals surface area contributed by atoms with Crippen LogP contribution in [0.2, 0.25) is 0 Å². The summed E-state index contributed by atoms with van der Waals surface area (Å²) in [4.78, 5) is 3.84. The highest BCUT2D eigenvalue weighted by atomic mass is 35.7. The predicted octanol–water partition coefficient (Wildman–Crippen LogP) is -4.42. The van der Waals surface area contributed by atoms with Crippen molar-refractivity contribution in [3.05, 3.63) is 5.82 Å². The molecule has 8 nitrogen and oxygen atoms in total. The molecule has 0 radical (unpaired) electrons. The van der Waals surface area contributed by atoms with Crippen molar-refractivity contribution in [2.24, 2.45) is 7.05 Å². The summed E-state index contributed by atoms with van der Waals surface area (Å²) in [5.74, 6) is 1.17. The zero-order chi connectivity index (χ0) is 10.6. The fourth-order valence-electron chi connectivity index (χ4n) is 0.529. The number of hydrogen-bond donors (Lipinski definition) is 2. The van der Waals surface area contributed by atoms with Gasteiger partial charge in [-0.05, 0) is 6.92 Å². The molecule has 0 spiro atoms. The van der Waals surface area contributed by atoms with Gasteiger partial charge in [0.15, 0.2) is 0 Å². The SMILES string of the molecule is Cc1nc(N)n(C)n1.[O-][Cl+3]([O-])([O-])O. The number of anilines is 1. The molecule has 0 amide bonds. The van der Waals surface area contributed by atoms with E-state index in [2.05, 4.69) is 10.1 Å². The molecule has 0 aliphatic heterocycles. The van der Waals surface area contributed by atoms with Crippen LogP contribution >= 0.6 is 0 Å². The molecular weight excluding hydrogens is 204 g/mol. The van der Waals surface area contributed by atoms with Crippen molar-refractivity contribution < 1.29 is 28.9 Å². The Morgan fingerprint density at radius 3 is 1.92 bits per heavy atom. The lowest BCUT2D eigenvalue weighted by molar-refractivity contribution is -1.92. The Labute approximate surface area is 76.0 Å². The zero-order valence-electron chi connectivity index (χ0n) is 6.97. The molecule has 1 aromatic heterocycles. The molecule has 0 unspecified atom stereocenters. The summed E-state index contributed by atoms with van der Waals surface area (Å²) < 4.78 is 34.3. The van der Waals surface area contributed by atoms with Crippen LogP contribution in [-0.2, 0) is 7.05 Å². The minimum absolute atomic E-state index is 0.461. The molecule has 0 bridgehead atoms. The van der Waals surface area contributed by atoms with E-state index in [0.717, 1.165) is 0 Å². The summed E-state index contributed by atoms with van der Waals surface area (Å²) in [6.07, 6.45) is 0. The molecule has 0 saturated carbocycles. The fraction of sp³-hybridized carbons (Fsp3) is 0.500. The standard InChI is InChI=1S/C4H8N4.ClHO4/c1-3-6-4(5)8(2)7-3;2-1(3,4)5/h1-2H3,(H2,5,6,7);(H,2,3,4,5). The monoisotopic (exact) mass is 212 g/mol. The Balaban J connectivity index is 0.000000252. The Morgan fingerprint density at radius 1 is 1.46 bits per heavy atom. The van der Waals surface area contributed by atoms with Gasteiger partial charge in [0.25, 0.3) is 0 Å². The van der Waals surface area contributed by atoms with Gasteiger partial charge >= 0.3 is 0 Å². The van der Waals surface area contributed by atoms with E-state index >= 15 is 0 Å². The molecule has 13 heavy (non-hydrogen) atoms. The molecule has 76 valence electrons. The third-order valence-corrected chi connectivity index (χ3v) is 0.903. The molecule has 1 aromatic rings. The van der Waals surface area contributed by atoms with E-state index in [9.17, 15) is 0 Å². The Hall–Kier alpha value is -0.930. The van der Waals surface area contributed by atoms with Crippen LogP contribution in [-0.4, -0.2) is 19.4 Å². The van der Waals surface area contributed by atoms with Crippen LogP contribution in [0.3, 0.4) is 0 Å². The maximum atomic E-state index is 8.60. The van der Waals surface area contributed by atoms with Crippen LogP contribution in [0, 0.1) is 17.2 Å². The highest BCUT2D eigenvalue weighted by Crippen LogP contribution is 1.92. The molecule has 0 aliphatic rings. The first kappa shape index (κ1) is 12.1. The van der Waals surface area contributed by atoms with Crippen molar-refractivity contribution in [3.8, 4) is 0 Å². The summed E-state index contributed by atoms with van der Waals surface area (Å²) >= 11 is 0. The summed E-state index contributed by atoms with van der Waals surface area (Å²) in [5, 5.41) is 3.89. The van der Waals surface area contributed by atoms with Gasteiger partial charge in [0.2, 0.25) is 5.95 Å². The molecule has 0 aromatic carbocycles. The van der Waals surface area contributed by atoms with Crippen LogP contribution in [0.15, 0.2) is 0 Å². The van der Waals surface area contributed by atoms with Crippen molar-refractivity contribution in [3.63, 3.8) is 0 Å². The number of aromatic nitrogens is 3. The quantitative estimate of drug-likeness (QED) is 0.441. The second-order valence-corrected chi connectivity index (χ2v) is 2.83. The van der Waals surface area contributed by atoms with Crippen LogP contribution in [0.25, 0.3) is 0 Å². The van der Waals surface area contributed by atoms with Crippen molar-refractivity contribution in [1.82, 2.24) is 14.8 Å². The maximum absolute atomic E-state index is 8.60. The molecular formula is C4H9ClN4O4. The molecule has 0 saturated heterocycles. The van der Waals surface area contributed by atoms with Crippen LogP contribution < -0.4 is 19.7 Å². The van der Waals surface area contributed by atoms with Gasteiger partial charge in [-0.2, -0.15) is 24.1 Å². The van der Waals surface area contributed by atoms with Crippen molar-refractivity contribution in [2.75, 3.05) is 5.73 Å². The van der Waals surface area contributed by atoms with Crippen LogP contribution in [0.4, 0.5) is 5.95 Å². The van der Waals surface area contributed by atoms with E-state index < -0.39 is 10.2 Å². The number of hydrogen-bond acceptors (Lipinski definition) is 7. The molecule has 0 fully saturated rings. The summed E-state index contributed by atoms with van der Waals surface area (Å²) in [6, 6.07) is 0. The first-order chi connectivity index (χ1) is 5.70. The van der Waals surface area contributed by atoms with E-state index in [1.54, 1.807) is 14.0 Å². The number of nitrogen functional groups attached to an aromatic ring is 1. The van der Waals surface area contributed by atoms with E-state index in [-0.39, 0.29) is 0 Å². The van der Waals surface area contributed by atoms with Gasteiger partial charge in [-0.25, -0.2) is 4.68 Å². The Bertz CT molecular complexity index is 244. The Kier molecular flexibility index (Phi) is 4.04. The fourth-order valence-corrected chi connectivity index (χ4v) is 0.529. The largest absolute Gasteiger partial charge is 0.368 e. The normalized spacial score (nSPS) is 10.6. The highest BCUT2D eigenvalue weighted by molar-refractivity contribution is 5.14. The van der Waals surface area contributed by atoms with Gasteiger partial charge in [0.05, 0.1) is 14.9 Å². The van der Waals surface area contributed by atoms with E-state index in [1.165, 1.54) is 4.68 Å². The minimum atomic E-state index is -4.69. The maximum Gasteiger partial charge on any atom is 0.218 e.